The highest BCUT2D eigenvalue weighted by Crippen LogP contribution is 2.22. The van der Waals surface area contributed by atoms with Crippen molar-refractivity contribution >= 4 is 15.7 Å². The molecule has 1 saturated heterocycles. The first-order valence-corrected chi connectivity index (χ1v) is 9.15. The summed E-state index contributed by atoms with van der Waals surface area (Å²) in [5, 5.41) is -0.945. The van der Waals surface area contributed by atoms with E-state index in [1.54, 1.807) is 17.4 Å². The van der Waals surface area contributed by atoms with Crippen LogP contribution in [0.3, 0.4) is 0 Å². The van der Waals surface area contributed by atoms with Crippen molar-refractivity contribution in [2.75, 3.05) is 18.8 Å². The predicted octanol–water partition coefficient (Wildman–Crippen LogP) is 1.26. The van der Waals surface area contributed by atoms with Crippen LogP contribution >= 0.6 is 0 Å². The minimum atomic E-state index is -3.34. The molecule has 2 atom stereocenters. The van der Waals surface area contributed by atoms with Gasteiger partial charge in [-0.25, -0.2) is 13.4 Å². The Labute approximate surface area is 126 Å². The van der Waals surface area contributed by atoms with Crippen LogP contribution in [0.15, 0.2) is 18.7 Å². The highest BCUT2D eigenvalue weighted by Gasteiger charge is 2.33. The standard InChI is InChI=1S/C14H23N3O3S/c1-3-9-21(19,20)12(2)14(18)16-7-4-5-13(10-16)17-8-6-15-11-17/h6,8,11-13H,3-5,7,9-10H2,1-2H3. The second-order valence-corrected chi connectivity index (χ2v) is 8.04. The number of sulfone groups is 1. The lowest BCUT2D eigenvalue weighted by Crippen LogP contribution is -2.47. The van der Waals surface area contributed by atoms with Crippen LogP contribution in [-0.4, -0.2) is 52.9 Å². The molecule has 0 aromatic carbocycles. The molecular formula is C14H23N3O3S. The Hall–Kier alpha value is -1.37. The number of imidazole rings is 1. The average molecular weight is 313 g/mol. The van der Waals surface area contributed by atoms with Crippen LogP contribution < -0.4 is 0 Å². The van der Waals surface area contributed by atoms with Crippen molar-refractivity contribution in [1.82, 2.24) is 14.5 Å². The van der Waals surface area contributed by atoms with E-state index >= 15 is 0 Å². The molecule has 1 fully saturated rings. The van der Waals surface area contributed by atoms with E-state index in [2.05, 4.69) is 4.98 Å². The van der Waals surface area contributed by atoms with E-state index in [1.165, 1.54) is 6.92 Å². The summed E-state index contributed by atoms with van der Waals surface area (Å²) in [5.41, 5.74) is 0. The van der Waals surface area contributed by atoms with Gasteiger partial charge in [-0.15, -0.1) is 0 Å². The number of likely N-dealkylation sites (tertiary alicyclic amines) is 1. The number of hydrogen-bond acceptors (Lipinski definition) is 4. The Balaban J connectivity index is 2.05. The fourth-order valence-corrected chi connectivity index (χ4v) is 4.13. The summed E-state index contributed by atoms with van der Waals surface area (Å²) in [6, 6.07) is 0.186. The number of piperidine rings is 1. The number of carbonyl (C=O) groups excluding carboxylic acids is 1. The summed E-state index contributed by atoms with van der Waals surface area (Å²) in [7, 11) is -3.34. The normalized spacial score (nSPS) is 21.2. The molecule has 0 N–H and O–H groups in total. The Bertz CT molecular complexity index is 568. The van der Waals surface area contributed by atoms with Gasteiger partial charge in [-0.3, -0.25) is 4.79 Å². The molecule has 1 aromatic rings. The molecule has 6 nitrogen and oxygen atoms in total. The van der Waals surface area contributed by atoms with Crippen LogP contribution in [0.25, 0.3) is 0 Å². The molecule has 2 heterocycles. The zero-order chi connectivity index (χ0) is 15.5. The SMILES string of the molecule is CCCS(=O)(=O)C(C)C(=O)N1CCCC(n2ccnc2)C1. The van der Waals surface area contributed by atoms with Gasteiger partial charge in [-0.2, -0.15) is 0 Å². The van der Waals surface area contributed by atoms with E-state index in [4.69, 9.17) is 0 Å². The largest absolute Gasteiger partial charge is 0.340 e. The van der Waals surface area contributed by atoms with Crippen molar-refractivity contribution in [2.45, 2.75) is 44.4 Å². The molecule has 1 aliphatic heterocycles. The maximum atomic E-state index is 12.5. The minimum Gasteiger partial charge on any atom is -0.340 e. The van der Waals surface area contributed by atoms with Gasteiger partial charge in [-0.1, -0.05) is 6.92 Å². The van der Waals surface area contributed by atoms with Gasteiger partial charge >= 0.3 is 0 Å². The molecule has 0 aliphatic carbocycles. The zero-order valence-electron chi connectivity index (χ0n) is 12.6. The fraction of sp³-hybridized carbons (Fsp3) is 0.714. The molecule has 21 heavy (non-hydrogen) atoms. The van der Waals surface area contributed by atoms with E-state index in [1.807, 2.05) is 17.7 Å². The maximum absolute atomic E-state index is 12.5. The Morgan fingerprint density at radius 2 is 2.24 bits per heavy atom. The molecular weight excluding hydrogens is 290 g/mol. The van der Waals surface area contributed by atoms with Gasteiger partial charge in [-0.05, 0) is 26.2 Å². The molecule has 1 amide bonds. The van der Waals surface area contributed by atoms with Crippen LogP contribution in [-0.2, 0) is 14.6 Å². The van der Waals surface area contributed by atoms with Crippen LogP contribution in [0.5, 0.6) is 0 Å². The topological polar surface area (TPSA) is 72.3 Å². The quantitative estimate of drug-likeness (QED) is 0.820. The van der Waals surface area contributed by atoms with Gasteiger partial charge in [0.1, 0.15) is 5.25 Å². The Morgan fingerprint density at radius 1 is 1.48 bits per heavy atom. The fourth-order valence-electron chi connectivity index (χ4n) is 2.76. The second kappa shape index (κ2) is 6.60. The monoisotopic (exact) mass is 313 g/mol. The van der Waals surface area contributed by atoms with Crippen molar-refractivity contribution in [2.24, 2.45) is 0 Å². The molecule has 7 heteroatoms. The summed E-state index contributed by atoms with van der Waals surface area (Å²) in [4.78, 5) is 18.2. The molecule has 2 rings (SSSR count). The minimum absolute atomic E-state index is 0.0682. The molecule has 1 aromatic heterocycles. The predicted molar refractivity (Wildman–Crippen MR) is 80.6 cm³/mol. The van der Waals surface area contributed by atoms with Gasteiger partial charge in [0.25, 0.3) is 0 Å². The number of aromatic nitrogens is 2. The first-order valence-electron chi connectivity index (χ1n) is 7.43. The van der Waals surface area contributed by atoms with Crippen LogP contribution in [0.4, 0.5) is 0 Å². The van der Waals surface area contributed by atoms with E-state index in [0.717, 1.165) is 12.8 Å². The number of carbonyl (C=O) groups is 1. The summed E-state index contributed by atoms with van der Waals surface area (Å²) >= 11 is 0. The van der Waals surface area contributed by atoms with Crippen LogP contribution in [0, 0.1) is 0 Å². The van der Waals surface area contributed by atoms with Gasteiger partial charge in [0, 0.05) is 25.5 Å². The third-order valence-electron chi connectivity index (χ3n) is 4.03. The van der Waals surface area contributed by atoms with Crippen molar-refractivity contribution in [1.29, 1.82) is 0 Å². The highest BCUT2D eigenvalue weighted by molar-refractivity contribution is 7.92. The third-order valence-corrected chi connectivity index (χ3v) is 6.29. The molecule has 0 radical (unpaired) electrons. The summed E-state index contributed by atoms with van der Waals surface area (Å²) in [6.07, 6.45) is 7.75. The first-order chi connectivity index (χ1) is 9.95. The lowest BCUT2D eigenvalue weighted by Gasteiger charge is -2.34. The zero-order valence-corrected chi connectivity index (χ0v) is 13.4. The average Bonchev–Trinajstić information content (AvgIpc) is 3.00. The number of nitrogens with zero attached hydrogens (tertiary/aromatic N) is 3. The smallest absolute Gasteiger partial charge is 0.240 e. The van der Waals surface area contributed by atoms with Crippen LogP contribution in [0.1, 0.15) is 39.2 Å². The van der Waals surface area contributed by atoms with Crippen molar-refractivity contribution in [3.8, 4) is 0 Å². The first kappa shape index (κ1) is 16.0. The molecule has 1 aliphatic rings. The Morgan fingerprint density at radius 3 is 2.86 bits per heavy atom. The van der Waals surface area contributed by atoms with Gasteiger partial charge < -0.3 is 9.47 Å². The van der Waals surface area contributed by atoms with E-state index in [-0.39, 0.29) is 17.7 Å². The third kappa shape index (κ3) is 3.64. The molecule has 2 unspecified atom stereocenters. The van der Waals surface area contributed by atoms with E-state index in [0.29, 0.717) is 19.5 Å². The summed E-state index contributed by atoms with van der Waals surface area (Å²) < 4.78 is 26.1. The number of rotatable bonds is 5. The van der Waals surface area contributed by atoms with Gasteiger partial charge in [0.05, 0.1) is 18.1 Å². The Kier molecular flexibility index (Phi) is 5.03. The lowest BCUT2D eigenvalue weighted by atomic mass is 10.1. The number of hydrogen-bond donors (Lipinski definition) is 0. The molecule has 0 saturated carbocycles. The molecule has 0 spiro atoms. The summed E-state index contributed by atoms with van der Waals surface area (Å²) in [5.74, 6) is -0.202. The van der Waals surface area contributed by atoms with E-state index in [9.17, 15) is 13.2 Å². The van der Waals surface area contributed by atoms with Crippen molar-refractivity contribution in [3.63, 3.8) is 0 Å². The van der Waals surface area contributed by atoms with E-state index < -0.39 is 15.1 Å². The van der Waals surface area contributed by atoms with Gasteiger partial charge in [0.2, 0.25) is 5.91 Å². The number of amides is 1. The van der Waals surface area contributed by atoms with Gasteiger partial charge in [0.15, 0.2) is 9.84 Å². The van der Waals surface area contributed by atoms with Crippen molar-refractivity contribution in [3.05, 3.63) is 18.7 Å². The second-order valence-electron chi connectivity index (χ2n) is 5.60. The summed E-state index contributed by atoms with van der Waals surface area (Å²) in [6.45, 7) is 4.51. The molecule has 0 bridgehead atoms. The van der Waals surface area contributed by atoms with Crippen LogP contribution in [0.2, 0.25) is 0 Å². The molecule has 118 valence electrons. The van der Waals surface area contributed by atoms with Crippen molar-refractivity contribution < 1.29 is 13.2 Å². The maximum Gasteiger partial charge on any atom is 0.240 e. The lowest BCUT2D eigenvalue weighted by molar-refractivity contribution is -0.132. The highest BCUT2D eigenvalue weighted by atomic mass is 32.2.